The molecule has 1 aliphatic rings. The van der Waals surface area contributed by atoms with Gasteiger partial charge in [0.05, 0.1) is 6.61 Å². The number of hydrogen-bond donors (Lipinski definition) is 2. The molecule has 182 valence electrons. The quantitative estimate of drug-likeness (QED) is 0.444. The minimum Gasteiger partial charge on any atom is -0.494 e. The van der Waals surface area contributed by atoms with Crippen molar-refractivity contribution in [3.63, 3.8) is 0 Å². The summed E-state index contributed by atoms with van der Waals surface area (Å²) in [7, 11) is 4.03. The lowest BCUT2D eigenvalue weighted by Gasteiger charge is -2.22. The second-order valence-electron chi connectivity index (χ2n) is 8.62. The zero-order valence-electron chi connectivity index (χ0n) is 20.1. The van der Waals surface area contributed by atoms with E-state index >= 15 is 0 Å². The van der Waals surface area contributed by atoms with Crippen LogP contribution in [0.2, 0.25) is 0 Å². The predicted molar refractivity (Wildman–Crippen MR) is 135 cm³/mol. The van der Waals surface area contributed by atoms with Crippen LogP contribution in [0.3, 0.4) is 0 Å². The van der Waals surface area contributed by atoms with Crippen LogP contribution < -0.4 is 10.1 Å². The third kappa shape index (κ3) is 7.43. The van der Waals surface area contributed by atoms with E-state index in [-0.39, 0.29) is 19.1 Å². The van der Waals surface area contributed by atoms with Gasteiger partial charge in [0.1, 0.15) is 12.4 Å². The summed E-state index contributed by atoms with van der Waals surface area (Å²) < 4.78 is 11.5. The molecule has 0 saturated heterocycles. The molecule has 3 rings (SSSR count). The lowest BCUT2D eigenvalue weighted by molar-refractivity contribution is -0.126. The summed E-state index contributed by atoms with van der Waals surface area (Å²) in [6.45, 7) is 2.24. The van der Waals surface area contributed by atoms with Gasteiger partial charge in [0, 0.05) is 31.6 Å². The predicted octanol–water partition coefficient (Wildman–Crippen LogP) is 3.13. The molecule has 7 heteroatoms. The third-order valence-corrected chi connectivity index (χ3v) is 5.49. The first-order valence-corrected chi connectivity index (χ1v) is 11.7. The van der Waals surface area contributed by atoms with Gasteiger partial charge in [-0.25, -0.2) is 4.99 Å². The standard InChI is InChI=1S/C27H35N3O4/c1-30(2)18-7-17-28-26(32)27(16-6-11-22-9-4-3-5-10-22)21-34-25(29-27)23-12-14-24(15-13-23)33-20-8-19-31/h3-6,9-15,31H,7-8,16-21H2,1-2H3,(H,28,32)/b11-6+/t27-/m1/s1. The van der Waals surface area contributed by atoms with E-state index in [0.29, 0.717) is 37.6 Å². The van der Waals surface area contributed by atoms with Crippen LogP contribution >= 0.6 is 0 Å². The van der Waals surface area contributed by atoms with Gasteiger partial charge in [-0.15, -0.1) is 0 Å². The highest BCUT2D eigenvalue weighted by atomic mass is 16.5. The Labute approximate surface area is 202 Å². The minimum atomic E-state index is -1.00. The van der Waals surface area contributed by atoms with E-state index in [0.717, 1.165) is 24.1 Å². The Kier molecular flexibility index (Phi) is 9.67. The molecule has 0 aromatic heterocycles. The fourth-order valence-electron chi connectivity index (χ4n) is 3.57. The average Bonchev–Trinajstić information content (AvgIpc) is 3.28. The number of benzene rings is 2. The molecule has 0 fully saturated rings. The van der Waals surface area contributed by atoms with Gasteiger partial charge < -0.3 is 24.8 Å². The normalized spacial score (nSPS) is 17.6. The van der Waals surface area contributed by atoms with Crippen molar-refractivity contribution in [3.05, 3.63) is 71.8 Å². The summed E-state index contributed by atoms with van der Waals surface area (Å²) in [5.74, 6) is 1.05. The number of nitrogens with one attached hydrogen (secondary N) is 1. The molecule has 34 heavy (non-hydrogen) atoms. The second kappa shape index (κ2) is 12.9. The summed E-state index contributed by atoms with van der Waals surface area (Å²) in [6.07, 6.45) is 5.88. The van der Waals surface area contributed by atoms with Crippen molar-refractivity contribution in [1.29, 1.82) is 0 Å². The number of aliphatic imine (C=N–C) groups is 1. The highest BCUT2D eigenvalue weighted by Crippen LogP contribution is 2.28. The van der Waals surface area contributed by atoms with Crippen molar-refractivity contribution in [3.8, 4) is 5.75 Å². The van der Waals surface area contributed by atoms with Crippen molar-refractivity contribution in [2.24, 2.45) is 4.99 Å². The van der Waals surface area contributed by atoms with E-state index in [1.807, 2.05) is 80.8 Å². The van der Waals surface area contributed by atoms with Crippen molar-refractivity contribution in [1.82, 2.24) is 10.2 Å². The first kappa shape index (κ1) is 25.5. The molecule has 0 spiro atoms. The molecule has 2 aromatic rings. The Morgan fingerprint density at radius 1 is 1.18 bits per heavy atom. The molecule has 1 aliphatic heterocycles. The van der Waals surface area contributed by atoms with Gasteiger partial charge in [0.15, 0.2) is 5.54 Å². The molecule has 0 saturated carbocycles. The number of ether oxygens (including phenoxy) is 2. The lowest BCUT2D eigenvalue weighted by Crippen LogP contribution is -2.47. The molecule has 2 N–H and O–H groups in total. The highest BCUT2D eigenvalue weighted by Gasteiger charge is 2.43. The van der Waals surface area contributed by atoms with Gasteiger partial charge in [-0.1, -0.05) is 42.5 Å². The summed E-state index contributed by atoms with van der Waals surface area (Å²) in [5, 5.41) is 11.9. The van der Waals surface area contributed by atoms with E-state index in [1.165, 1.54) is 0 Å². The molecule has 0 radical (unpaired) electrons. The molecule has 2 aromatic carbocycles. The summed E-state index contributed by atoms with van der Waals surface area (Å²) in [5.41, 5.74) is 0.863. The first-order valence-electron chi connectivity index (χ1n) is 11.7. The van der Waals surface area contributed by atoms with Crippen molar-refractivity contribution < 1.29 is 19.4 Å². The Morgan fingerprint density at radius 2 is 1.94 bits per heavy atom. The molecule has 0 aliphatic carbocycles. The second-order valence-corrected chi connectivity index (χ2v) is 8.62. The molecule has 1 amide bonds. The van der Waals surface area contributed by atoms with Gasteiger partial charge in [-0.3, -0.25) is 4.79 Å². The molecular formula is C27H35N3O4. The third-order valence-electron chi connectivity index (χ3n) is 5.49. The van der Waals surface area contributed by atoms with E-state index in [4.69, 9.17) is 19.6 Å². The maximum absolute atomic E-state index is 13.2. The number of amides is 1. The van der Waals surface area contributed by atoms with E-state index in [2.05, 4.69) is 10.2 Å². The van der Waals surface area contributed by atoms with Crippen molar-refractivity contribution in [2.45, 2.75) is 24.8 Å². The smallest absolute Gasteiger partial charge is 0.251 e. The van der Waals surface area contributed by atoms with Crippen LogP contribution in [0.5, 0.6) is 5.75 Å². The summed E-state index contributed by atoms with van der Waals surface area (Å²) in [4.78, 5) is 20.1. The van der Waals surface area contributed by atoms with Gasteiger partial charge in [0.25, 0.3) is 5.91 Å². The number of aliphatic hydroxyl groups is 1. The maximum Gasteiger partial charge on any atom is 0.251 e. The number of rotatable bonds is 13. The lowest BCUT2D eigenvalue weighted by atomic mass is 9.95. The van der Waals surface area contributed by atoms with E-state index in [9.17, 15) is 4.79 Å². The minimum absolute atomic E-state index is 0.0980. The van der Waals surface area contributed by atoms with Crippen LogP contribution in [0, 0.1) is 0 Å². The van der Waals surface area contributed by atoms with Crippen LogP contribution in [0.25, 0.3) is 6.08 Å². The number of hydrogen-bond acceptors (Lipinski definition) is 6. The SMILES string of the molecule is CN(C)CCCNC(=O)[C@@]1(C/C=C/c2ccccc2)COC(c2ccc(OCCCO)cc2)=N1. The van der Waals surface area contributed by atoms with Crippen LogP contribution in [-0.2, 0) is 9.53 Å². The highest BCUT2D eigenvalue weighted by molar-refractivity contribution is 6.00. The van der Waals surface area contributed by atoms with Crippen LogP contribution in [-0.4, -0.2) is 74.4 Å². The van der Waals surface area contributed by atoms with Crippen molar-refractivity contribution in [2.75, 3.05) is 47.0 Å². The Morgan fingerprint density at radius 3 is 2.65 bits per heavy atom. The average molecular weight is 466 g/mol. The Bertz CT molecular complexity index is 958. The Balaban J connectivity index is 1.73. The summed E-state index contributed by atoms with van der Waals surface area (Å²) >= 11 is 0. The van der Waals surface area contributed by atoms with Gasteiger partial charge >= 0.3 is 0 Å². The molecule has 7 nitrogen and oxygen atoms in total. The van der Waals surface area contributed by atoms with Gasteiger partial charge in [0.2, 0.25) is 5.90 Å². The molecule has 1 heterocycles. The Hall–Kier alpha value is -3.16. The van der Waals surface area contributed by atoms with Gasteiger partial charge in [-0.2, -0.15) is 0 Å². The van der Waals surface area contributed by atoms with Crippen LogP contribution in [0.1, 0.15) is 30.4 Å². The van der Waals surface area contributed by atoms with E-state index in [1.54, 1.807) is 0 Å². The zero-order valence-corrected chi connectivity index (χ0v) is 20.1. The number of carbonyl (C=O) groups is 1. The van der Waals surface area contributed by atoms with Crippen LogP contribution in [0.4, 0.5) is 0 Å². The largest absolute Gasteiger partial charge is 0.494 e. The first-order chi connectivity index (χ1) is 16.5. The fraction of sp³-hybridized carbons (Fsp3) is 0.407. The number of aliphatic hydroxyl groups excluding tert-OH is 1. The fourth-order valence-corrected chi connectivity index (χ4v) is 3.57. The molecule has 0 bridgehead atoms. The monoisotopic (exact) mass is 465 g/mol. The molecule has 1 atom stereocenters. The van der Waals surface area contributed by atoms with Gasteiger partial charge in [-0.05, 0) is 56.9 Å². The number of nitrogens with zero attached hydrogens (tertiary/aromatic N) is 2. The van der Waals surface area contributed by atoms with Crippen LogP contribution in [0.15, 0.2) is 65.7 Å². The topological polar surface area (TPSA) is 83.4 Å². The number of carbonyl (C=O) groups excluding carboxylic acids is 1. The maximum atomic E-state index is 13.2. The molecule has 0 unspecified atom stereocenters. The van der Waals surface area contributed by atoms with Crippen molar-refractivity contribution >= 4 is 17.9 Å². The zero-order chi connectivity index (χ0) is 24.2. The van der Waals surface area contributed by atoms with E-state index < -0.39 is 5.54 Å². The molecular weight excluding hydrogens is 430 g/mol. The summed E-state index contributed by atoms with van der Waals surface area (Å²) in [6, 6.07) is 17.4.